The van der Waals surface area contributed by atoms with Gasteiger partial charge in [0.15, 0.2) is 0 Å². The zero-order valence-corrected chi connectivity index (χ0v) is 11.5. The summed E-state index contributed by atoms with van der Waals surface area (Å²) in [5, 5.41) is 3.30. The molecule has 0 amide bonds. The first kappa shape index (κ1) is 12.4. The Kier molecular flexibility index (Phi) is 3.72. The van der Waals surface area contributed by atoms with Gasteiger partial charge in [-0.3, -0.25) is 0 Å². The Hall–Kier alpha value is -1.02. The van der Waals surface area contributed by atoms with E-state index < -0.39 is 0 Å². The van der Waals surface area contributed by atoms with E-state index in [1.54, 1.807) is 0 Å². The summed E-state index contributed by atoms with van der Waals surface area (Å²) in [6.45, 7) is 7.96. The van der Waals surface area contributed by atoms with Crippen LogP contribution in [0.25, 0.3) is 0 Å². The van der Waals surface area contributed by atoms with Crippen molar-refractivity contribution in [2.24, 2.45) is 0 Å². The van der Waals surface area contributed by atoms with E-state index in [0.717, 1.165) is 6.42 Å². The molecule has 0 aliphatic carbocycles. The molecule has 94 valence electrons. The number of hydrogen-bond acceptors (Lipinski definition) is 2. The van der Waals surface area contributed by atoms with Crippen molar-refractivity contribution in [3.8, 4) is 0 Å². The Morgan fingerprint density at radius 2 is 2.06 bits per heavy atom. The molecule has 0 spiro atoms. The zero-order chi connectivity index (χ0) is 12.4. The van der Waals surface area contributed by atoms with Crippen LogP contribution in [0.4, 0.5) is 5.69 Å². The van der Waals surface area contributed by atoms with Gasteiger partial charge in [-0.05, 0) is 57.9 Å². The summed E-state index contributed by atoms with van der Waals surface area (Å²) in [5.41, 5.74) is 4.42. The monoisotopic (exact) mass is 232 g/mol. The van der Waals surface area contributed by atoms with Crippen LogP contribution < -0.4 is 10.2 Å². The third-order valence-corrected chi connectivity index (χ3v) is 3.74. The molecule has 0 saturated carbocycles. The molecular weight excluding hydrogens is 208 g/mol. The lowest BCUT2D eigenvalue weighted by atomic mass is 10.0. The fourth-order valence-electron chi connectivity index (χ4n) is 2.57. The van der Waals surface area contributed by atoms with Gasteiger partial charge in [0.2, 0.25) is 0 Å². The molecule has 0 bridgehead atoms. The molecular formula is C15H24N2. The number of likely N-dealkylation sites (N-methyl/N-ethyl adjacent to an activating group) is 1. The zero-order valence-electron chi connectivity index (χ0n) is 11.5. The number of nitrogens with zero attached hydrogens (tertiary/aromatic N) is 1. The molecule has 1 aliphatic heterocycles. The Bertz CT molecular complexity index is 385. The predicted molar refractivity (Wildman–Crippen MR) is 74.9 cm³/mol. The molecule has 2 rings (SSSR count). The summed E-state index contributed by atoms with van der Waals surface area (Å²) in [6.07, 6.45) is 2.31. The molecule has 2 nitrogen and oxygen atoms in total. The summed E-state index contributed by atoms with van der Waals surface area (Å²) in [7, 11) is 2.03. The highest BCUT2D eigenvalue weighted by Gasteiger charge is 2.21. The molecule has 1 aliphatic rings. The number of benzene rings is 1. The summed E-state index contributed by atoms with van der Waals surface area (Å²) < 4.78 is 0. The molecule has 0 aromatic heterocycles. The second-order valence-corrected chi connectivity index (χ2v) is 5.39. The van der Waals surface area contributed by atoms with Gasteiger partial charge >= 0.3 is 0 Å². The maximum atomic E-state index is 3.30. The molecule has 1 atom stereocenters. The van der Waals surface area contributed by atoms with Crippen LogP contribution in [0.3, 0.4) is 0 Å². The van der Waals surface area contributed by atoms with Crippen molar-refractivity contribution in [2.45, 2.75) is 45.7 Å². The lowest BCUT2D eigenvalue weighted by Gasteiger charge is -2.24. The van der Waals surface area contributed by atoms with Gasteiger partial charge in [0.1, 0.15) is 0 Å². The first-order valence-corrected chi connectivity index (χ1v) is 6.67. The predicted octanol–water partition coefficient (Wildman–Crippen LogP) is 2.61. The van der Waals surface area contributed by atoms with Gasteiger partial charge in [-0.2, -0.15) is 0 Å². The van der Waals surface area contributed by atoms with Crippen LogP contribution in [0.2, 0.25) is 0 Å². The van der Waals surface area contributed by atoms with E-state index in [1.807, 2.05) is 7.05 Å². The van der Waals surface area contributed by atoms with Gasteiger partial charge in [-0.1, -0.05) is 12.1 Å². The molecule has 17 heavy (non-hydrogen) atoms. The summed E-state index contributed by atoms with van der Waals surface area (Å²) in [5.74, 6) is 0. The van der Waals surface area contributed by atoms with E-state index >= 15 is 0 Å². The van der Waals surface area contributed by atoms with E-state index in [9.17, 15) is 0 Å². The number of hydrogen-bond donors (Lipinski definition) is 1. The standard InChI is InChI=1S/C15H24N2/c1-11(2)17-8-7-14-6-5-13(10-15(14)17)9-12(3)16-4/h5-6,10-12,16H,7-9H2,1-4H3. The van der Waals surface area contributed by atoms with E-state index in [0.29, 0.717) is 12.1 Å². The molecule has 1 aromatic carbocycles. The largest absolute Gasteiger partial charge is 0.369 e. The summed E-state index contributed by atoms with van der Waals surface area (Å²) >= 11 is 0. The van der Waals surface area contributed by atoms with Gasteiger partial charge in [-0.25, -0.2) is 0 Å². The lowest BCUT2D eigenvalue weighted by molar-refractivity contribution is 0.608. The minimum atomic E-state index is 0.543. The maximum absolute atomic E-state index is 3.30. The van der Waals surface area contributed by atoms with E-state index in [1.165, 1.54) is 29.8 Å². The Balaban J connectivity index is 2.21. The highest BCUT2D eigenvalue weighted by Crippen LogP contribution is 2.30. The molecule has 1 heterocycles. The molecule has 0 radical (unpaired) electrons. The molecule has 0 saturated heterocycles. The van der Waals surface area contributed by atoms with Crippen LogP contribution in [-0.4, -0.2) is 25.7 Å². The van der Waals surface area contributed by atoms with Crippen molar-refractivity contribution in [1.82, 2.24) is 5.32 Å². The van der Waals surface area contributed by atoms with Gasteiger partial charge in [-0.15, -0.1) is 0 Å². The van der Waals surface area contributed by atoms with Crippen molar-refractivity contribution in [3.63, 3.8) is 0 Å². The van der Waals surface area contributed by atoms with Gasteiger partial charge < -0.3 is 10.2 Å². The lowest BCUT2D eigenvalue weighted by Crippen LogP contribution is -2.28. The molecule has 1 N–H and O–H groups in total. The van der Waals surface area contributed by atoms with Crippen LogP contribution in [0.5, 0.6) is 0 Å². The smallest absolute Gasteiger partial charge is 0.0404 e. The highest BCUT2D eigenvalue weighted by molar-refractivity contribution is 5.60. The highest BCUT2D eigenvalue weighted by atomic mass is 15.2. The third kappa shape index (κ3) is 2.63. The van der Waals surface area contributed by atoms with Gasteiger partial charge in [0, 0.05) is 24.3 Å². The van der Waals surface area contributed by atoms with E-state index in [2.05, 4.69) is 49.2 Å². The van der Waals surface area contributed by atoms with Crippen molar-refractivity contribution in [1.29, 1.82) is 0 Å². The minimum Gasteiger partial charge on any atom is -0.369 e. The topological polar surface area (TPSA) is 15.3 Å². The van der Waals surface area contributed by atoms with Crippen LogP contribution in [0.15, 0.2) is 18.2 Å². The average Bonchev–Trinajstić information content (AvgIpc) is 2.71. The van der Waals surface area contributed by atoms with Crippen molar-refractivity contribution < 1.29 is 0 Å². The first-order valence-electron chi connectivity index (χ1n) is 6.67. The summed E-state index contributed by atoms with van der Waals surface area (Å²) in [4.78, 5) is 2.52. The van der Waals surface area contributed by atoms with Crippen LogP contribution in [-0.2, 0) is 12.8 Å². The van der Waals surface area contributed by atoms with Crippen molar-refractivity contribution in [2.75, 3.05) is 18.5 Å². The van der Waals surface area contributed by atoms with Crippen LogP contribution >= 0.6 is 0 Å². The first-order chi connectivity index (χ1) is 8.11. The Morgan fingerprint density at radius 3 is 2.71 bits per heavy atom. The normalized spacial score (nSPS) is 16.4. The molecule has 0 fully saturated rings. The summed E-state index contributed by atoms with van der Waals surface area (Å²) in [6, 6.07) is 8.14. The fourth-order valence-corrected chi connectivity index (χ4v) is 2.57. The maximum Gasteiger partial charge on any atom is 0.0404 e. The third-order valence-electron chi connectivity index (χ3n) is 3.74. The quantitative estimate of drug-likeness (QED) is 0.858. The second kappa shape index (κ2) is 5.09. The number of nitrogens with one attached hydrogen (secondary N) is 1. The SMILES string of the molecule is CNC(C)Cc1ccc2c(c1)N(C(C)C)CC2. The minimum absolute atomic E-state index is 0.543. The number of rotatable bonds is 4. The molecule has 2 heteroatoms. The number of anilines is 1. The van der Waals surface area contributed by atoms with Crippen LogP contribution in [0, 0.1) is 0 Å². The van der Waals surface area contributed by atoms with Gasteiger partial charge in [0.25, 0.3) is 0 Å². The Morgan fingerprint density at radius 1 is 1.29 bits per heavy atom. The van der Waals surface area contributed by atoms with Gasteiger partial charge in [0.05, 0.1) is 0 Å². The molecule has 1 unspecified atom stereocenters. The van der Waals surface area contributed by atoms with Crippen LogP contribution in [0.1, 0.15) is 31.9 Å². The number of fused-ring (bicyclic) bond motifs is 1. The fraction of sp³-hybridized carbons (Fsp3) is 0.600. The second-order valence-electron chi connectivity index (χ2n) is 5.39. The van der Waals surface area contributed by atoms with Crippen molar-refractivity contribution in [3.05, 3.63) is 29.3 Å². The average molecular weight is 232 g/mol. The van der Waals surface area contributed by atoms with Crippen molar-refractivity contribution >= 4 is 5.69 Å². The van der Waals surface area contributed by atoms with E-state index in [-0.39, 0.29) is 0 Å². The van der Waals surface area contributed by atoms with E-state index in [4.69, 9.17) is 0 Å². The Labute approximate surface area is 105 Å². The molecule has 1 aromatic rings.